The van der Waals surface area contributed by atoms with Gasteiger partial charge < -0.3 is 5.11 Å². The van der Waals surface area contributed by atoms with E-state index in [-0.39, 0.29) is 18.6 Å². The second-order valence-corrected chi connectivity index (χ2v) is 4.74. The van der Waals surface area contributed by atoms with Crippen molar-refractivity contribution in [1.29, 1.82) is 0 Å². The lowest BCUT2D eigenvalue weighted by Crippen LogP contribution is -2.40. The Balaban J connectivity index is 2.43. The topological polar surface area (TPSA) is 23.5 Å². The lowest BCUT2D eigenvalue weighted by molar-refractivity contribution is -0.148. The Morgan fingerprint density at radius 2 is 1.93 bits per heavy atom. The molecule has 15 heavy (non-hydrogen) atoms. The summed E-state index contributed by atoms with van der Waals surface area (Å²) in [7, 11) is 0. The molecule has 1 saturated carbocycles. The Hall–Kier alpha value is 0.190. The fraction of sp³-hybridized carbons (Fsp3) is 1.00. The van der Waals surface area contributed by atoms with Crippen LogP contribution in [-0.4, -0.2) is 47.8 Å². The van der Waals surface area contributed by atoms with Gasteiger partial charge in [-0.15, -0.1) is 0 Å². The van der Waals surface area contributed by atoms with Gasteiger partial charge in [0, 0.05) is 18.4 Å². The molecule has 0 spiro atoms. The minimum atomic E-state index is -4.18. The van der Waals surface area contributed by atoms with Gasteiger partial charge >= 0.3 is 6.18 Å². The van der Waals surface area contributed by atoms with Crippen molar-refractivity contribution in [2.45, 2.75) is 19.0 Å². The van der Waals surface area contributed by atoms with Gasteiger partial charge in [0.05, 0.1) is 13.2 Å². The Morgan fingerprint density at radius 3 is 2.27 bits per heavy atom. The number of aliphatic hydroxyl groups excluding tert-OH is 1. The summed E-state index contributed by atoms with van der Waals surface area (Å²) in [5, 5.41) is 9.44. The van der Waals surface area contributed by atoms with Crippen LogP contribution in [-0.2, 0) is 0 Å². The van der Waals surface area contributed by atoms with Gasteiger partial charge in [0.25, 0.3) is 0 Å². The van der Waals surface area contributed by atoms with Crippen molar-refractivity contribution >= 4 is 15.9 Å². The van der Waals surface area contributed by atoms with E-state index in [1.165, 1.54) is 4.90 Å². The molecule has 0 bridgehead atoms. The minimum Gasteiger partial charge on any atom is -0.395 e. The summed E-state index contributed by atoms with van der Waals surface area (Å²) in [6.07, 6.45) is -2.24. The summed E-state index contributed by atoms with van der Waals surface area (Å²) >= 11 is 3.32. The number of hydrogen-bond donors (Lipinski definition) is 1. The maximum atomic E-state index is 12.2. The third kappa shape index (κ3) is 4.70. The van der Waals surface area contributed by atoms with Gasteiger partial charge in [0.15, 0.2) is 0 Å². The quantitative estimate of drug-likeness (QED) is 0.757. The molecule has 0 unspecified atom stereocenters. The van der Waals surface area contributed by atoms with E-state index in [9.17, 15) is 13.2 Å². The van der Waals surface area contributed by atoms with Crippen LogP contribution in [0.1, 0.15) is 12.8 Å². The molecule has 0 aromatic rings. The molecule has 0 amide bonds. The van der Waals surface area contributed by atoms with E-state index in [1.54, 1.807) is 0 Å². The Bertz CT molecular complexity index is 206. The lowest BCUT2D eigenvalue weighted by Gasteiger charge is -2.26. The molecule has 1 fully saturated rings. The molecule has 0 heterocycles. The molecule has 0 radical (unpaired) electrons. The third-order valence-electron chi connectivity index (χ3n) is 2.62. The van der Waals surface area contributed by atoms with Crippen LogP contribution >= 0.6 is 15.9 Å². The summed E-state index contributed by atoms with van der Waals surface area (Å²) in [5.41, 5.74) is 0.0143. The second kappa shape index (κ2) is 5.01. The van der Waals surface area contributed by atoms with Crippen LogP contribution in [0.5, 0.6) is 0 Å². The van der Waals surface area contributed by atoms with Crippen LogP contribution in [0.25, 0.3) is 0 Å². The molecule has 1 N–H and O–H groups in total. The summed E-state index contributed by atoms with van der Waals surface area (Å²) in [4.78, 5) is 1.29. The van der Waals surface area contributed by atoms with Crippen LogP contribution in [0.15, 0.2) is 0 Å². The van der Waals surface area contributed by atoms with Gasteiger partial charge in [-0.05, 0) is 18.3 Å². The maximum Gasteiger partial charge on any atom is 0.401 e. The first-order valence-corrected chi connectivity index (χ1v) is 5.99. The molecule has 1 rings (SSSR count). The van der Waals surface area contributed by atoms with Crippen LogP contribution in [0.4, 0.5) is 13.2 Å². The zero-order chi connectivity index (χ0) is 11.5. The molecule has 0 aliphatic heterocycles. The SMILES string of the molecule is OCCN(CC(F)(F)F)CC1(CBr)CC1. The van der Waals surface area contributed by atoms with E-state index in [0.717, 1.165) is 18.2 Å². The summed E-state index contributed by atoms with van der Waals surface area (Å²) < 4.78 is 36.6. The highest BCUT2D eigenvalue weighted by Gasteiger charge is 2.44. The Labute approximate surface area is 95.6 Å². The number of hydrogen-bond acceptors (Lipinski definition) is 2. The summed E-state index contributed by atoms with van der Waals surface area (Å²) in [6.45, 7) is -0.649. The van der Waals surface area contributed by atoms with Crippen molar-refractivity contribution < 1.29 is 18.3 Å². The van der Waals surface area contributed by atoms with Crippen molar-refractivity contribution in [2.24, 2.45) is 5.41 Å². The fourth-order valence-corrected chi connectivity index (χ4v) is 2.33. The van der Waals surface area contributed by atoms with Gasteiger partial charge in [0.1, 0.15) is 0 Å². The van der Waals surface area contributed by atoms with Crippen molar-refractivity contribution in [3.05, 3.63) is 0 Å². The number of rotatable bonds is 6. The van der Waals surface area contributed by atoms with Gasteiger partial charge in [-0.3, -0.25) is 4.90 Å². The van der Waals surface area contributed by atoms with Crippen LogP contribution in [0, 0.1) is 5.41 Å². The van der Waals surface area contributed by atoms with E-state index < -0.39 is 12.7 Å². The minimum absolute atomic E-state index is 0.0143. The van der Waals surface area contributed by atoms with E-state index in [0.29, 0.717) is 6.54 Å². The van der Waals surface area contributed by atoms with Gasteiger partial charge in [0.2, 0.25) is 0 Å². The Morgan fingerprint density at radius 1 is 1.33 bits per heavy atom. The average Bonchev–Trinajstić information content (AvgIpc) is 2.83. The number of aliphatic hydroxyl groups is 1. The molecular formula is C9H15BrF3NO. The molecule has 2 nitrogen and oxygen atoms in total. The monoisotopic (exact) mass is 289 g/mol. The third-order valence-corrected chi connectivity index (χ3v) is 3.81. The van der Waals surface area contributed by atoms with Crippen molar-refractivity contribution in [3.8, 4) is 0 Å². The second-order valence-electron chi connectivity index (χ2n) is 4.18. The smallest absolute Gasteiger partial charge is 0.395 e. The van der Waals surface area contributed by atoms with Crippen LogP contribution in [0.3, 0.4) is 0 Å². The summed E-state index contributed by atoms with van der Waals surface area (Å²) in [5.74, 6) is 0. The highest BCUT2D eigenvalue weighted by atomic mass is 79.9. The number of halogens is 4. The Kier molecular flexibility index (Phi) is 4.43. The maximum absolute atomic E-state index is 12.2. The molecule has 0 aromatic heterocycles. The van der Waals surface area contributed by atoms with E-state index >= 15 is 0 Å². The number of nitrogens with zero attached hydrogens (tertiary/aromatic N) is 1. The van der Waals surface area contributed by atoms with E-state index in [4.69, 9.17) is 5.11 Å². The molecular weight excluding hydrogens is 275 g/mol. The lowest BCUT2D eigenvalue weighted by atomic mass is 10.1. The van der Waals surface area contributed by atoms with Gasteiger partial charge in [-0.25, -0.2) is 0 Å². The van der Waals surface area contributed by atoms with Crippen molar-refractivity contribution in [3.63, 3.8) is 0 Å². The fourth-order valence-electron chi connectivity index (χ4n) is 1.59. The van der Waals surface area contributed by atoms with Crippen molar-refractivity contribution in [1.82, 2.24) is 4.90 Å². The highest BCUT2D eigenvalue weighted by molar-refractivity contribution is 9.09. The van der Waals surface area contributed by atoms with Crippen LogP contribution < -0.4 is 0 Å². The van der Waals surface area contributed by atoms with E-state index in [1.807, 2.05) is 0 Å². The molecule has 90 valence electrons. The number of alkyl halides is 4. The van der Waals surface area contributed by atoms with Gasteiger partial charge in [-0.1, -0.05) is 15.9 Å². The zero-order valence-corrected chi connectivity index (χ0v) is 9.94. The predicted octanol–water partition coefficient (Wildman–Crippen LogP) is 2.02. The van der Waals surface area contributed by atoms with E-state index in [2.05, 4.69) is 15.9 Å². The molecule has 0 atom stereocenters. The zero-order valence-electron chi connectivity index (χ0n) is 8.36. The first-order valence-electron chi connectivity index (χ1n) is 4.87. The average molecular weight is 290 g/mol. The van der Waals surface area contributed by atoms with Gasteiger partial charge in [-0.2, -0.15) is 13.2 Å². The highest BCUT2D eigenvalue weighted by Crippen LogP contribution is 2.47. The molecule has 0 saturated heterocycles. The molecule has 0 aromatic carbocycles. The standard InChI is InChI=1S/C9H15BrF3NO/c10-5-8(1-2-8)6-14(3-4-15)7-9(11,12)13/h15H,1-7H2. The normalized spacial score (nSPS) is 19.6. The molecule has 1 aliphatic carbocycles. The molecule has 6 heteroatoms. The predicted molar refractivity (Wildman–Crippen MR) is 55.0 cm³/mol. The first kappa shape index (κ1) is 13.3. The largest absolute Gasteiger partial charge is 0.401 e. The first-order chi connectivity index (χ1) is 6.91. The van der Waals surface area contributed by atoms with Crippen LogP contribution in [0.2, 0.25) is 0 Å². The summed E-state index contributed by atoms with van der Waals surface area (Å²) in [6, 6.07) is 0. The van der Waals surface area contributed by atoms with Crippen molar-refractivity contribution in [2.75, 3.05) is 31.6 Å². The molecule has 1 aliphatic rings.